The SMILES string of the molecule is CC1CCCCC1.CCC(OCC(F)(F)F)c1nc2cc(-c3noc(=O)[nH]3)nc(-c3cncc(Cl)c3)c2n1C. The van der Waals surface area contributed by atoms with Crippen molar-refractivity contribution in [3.63, 3.8) is 0 Å². The normalized spacial score (nSPS) is 15.3. The van der Waals surface area contributed by atoms with Gasteiger partial charge >= 0.3 is 11.9 Å². The summed E-state index contributed by atoms with van der Waals surface area (Å²) in [6.07, 6.45) is 5.31. The zero-order chi connectivity index (χ0) is 28.2. The molecule has 1 aliphatic rings. The lowest BCUT2D eigenvalue weighted by atomic mass is 9.91. The summed E-state index contributed by atoms with van der Waals surface area (Å²) in [5.41, 5.74) is 2.10. The standard InChI is InChI=1S/C19H16ClF3N6O3.C7H14/c1-3-13(31-8-19(21,22)23)17-26-11-5-12(16-27-18(30)32-28-16)25-14(15(11)29(17)2)9-4-10(20)7-24-6-9;1-7-5-3-2-4-6-7/h4-7,13H,3,8H2,1-2H3,(H,27,28,30);7H,2-6H2,1H3. The van der Waals surface area contributed by atoms with E-state index in [1.165, 1.54) is 44.5 Å². The molecular formula is C26H30ClF3N6O3. The third-order valence-electron chi connectivity index (χ3n) is 6.55. The lowest BCUT2D eigenvalue weighted by Crippen LogP contribution is -2.20. The van der Waals surface area contributed by atoms with Gasteiger partial charge in [-0.2, -0.15) is 13.2 Å². The quantitative estimate of drug-likeness (QED) is 0.278. The molecule has 1 N–H and O–H groups in total. The summed E-state index contributed by atoms with van der Waals surface area (Å²) >= 11 is 6.09. The minimum Gasteiger partial charge on any atom is -0.361 e. The zero-order valence-corrected chi connectivity index (χ0v) is 22.6. The molecule has 1 atom stereocenters. The molecule has 4 aromatic heterocycles. The Labute approximate surface area is 227 Å². The van der Waals surface area contributed by atoms with Gasteiger partial charge in [-0.1, -0.05) is 62.7 Å². The Balaban J connectivity index is 0.000000438. The van der Waals surface area contributed by atoms with Crippen LogP contribution in [0.1, 0.15) is 64.3 Å². The van der Waals surface area contributed by atoms with E-state index in [0.717, 1.165) is 5.92 Å². The van der Waals surface area contributed by atoms with Crippen molar-refractivity contribution < 1.29 is 22.4 Å². The van der Waals surface area contributed by atoms with Crippen LogP contribution in [0.4, 0.5) is 13.2 Å². The first-order chi connectivity index (χ1) is 18.6. The van der Waals surface area contributed by atoms with E-state index in [0.29, 0.717) is 27.3 Å². The number of aromatic amines is 1. The van der Waals surface area contributed by atoms with Crippen molar-refractivity contribution in [2.75, 3.05) is 6.61 Å². The highest BCUT2D eigenvalue weighted by atomic mass is 35.5. The van der Waals surface area contributed by atoms with Gasteiger partial charge in [0.1, 0.15) is 24.2 Å². The van der Waals surface area contributed by atoms with Crippen LogP contribution in [0.2, 0.25) is 5.02 Å². The van der Waals surface area contributed by atoms with Crippen LogP contribution < -0.4 is 5.76 Å². The average molecular weight is 567 g/mol. The zero-order valence-electron chi connectivity index (χ0n) is 21.9. The number of nitrogens with one attached hydrogen (secondary N) is 1. The molecule has 1 saturated carbocycles. The maximum Gasteiger partial charge on any atom is 0.439 e. The number of H-pyrrole nitrogens is 1. The van der Waals surface area contributed by atoms with Gasteiger partial charge < -0.3 is 9.30 Å². The first kappa shape index (κ1) is 28.8. The minimum absolute atomic E-state index is 0.0701. The monoisotopic (exact) mass is 566 g/mol. The second kappa shape index (κ2) is 12.3. The van der Waals surface area contributed by atoms with E-state index in [1.54, 1.807) is 30.7 Å². The molecule has 0 saturated heterocycles. The molecule has 1 aliphatic carbocycles. The molecule has 13 heteroatoms. The fourth-order valence-corrected chi connectivity index (χ4v) is 4.80. The Morgan fingerprint density at radius 3 is 2.51 bits per heavy atom. The first-order valence-electron chi connectivity index (χ1n) is 12.8. The van der Waals surface area contributed by atoms with Crippen molar-refractivity contribution in [3.05, 3.63) is 45.9 Å². The Hall–Kier alpha value is -3.25. The fraction of sp³-hybridized carbons (Fsp3) is 0.500. The smallest absolute Gasteiger partial charge is 0.361 e. The highest BCUT2D eigenvalue weighted by molar-refractivity contribution is 6.30. The molecule has 39 heavy (non-hydrogen) atoms. The maximum atomic E-state index is 12.7. The van der Waals surface area contributed by atoms with Crippen molar-refractivity contribution in [2.24, 2.45) is 13.0 Å². The van der Waals surface area contributed by atoms with Gasteiger partial charge in [-0.25, -0.2) is 14.8 Å². The van der Waals surface area contributed by atoms with Crippen molar-refractivity contribution in [1.29, 1.82) is 0 Å². The number of nitrogens with zero attached hydrogens (tertiary/aromatic N) is 5. The number of ether oxygens (including phenoxy) is 1. The molecule has 9 nitrogen and oxygen atoms in total. The van der Waals surface area contributed by atoms with E-state index in [1.807, 2.05) is 0 Å². The van der Waals surface area contributed by atoms with Crippen LogP contribution >= 0.6 is 11.6 Å². The summed E-state index contributed by atoms with van der Waals surface area (Å²) in [6.45, 7) is 2.66. The highest BCUT2D eigenvalue weighted by Gasteiger charge is 2.31. The van der Waals surface area contributed by atoms with E-state index in [2.05, 4.69) is 36.5 Å². The van der Waals surface area contributed by atoms with Gasteiger partial charge in [-0.15, -0.1) is 0 Å². The number of pyridine rings is 2. The van der Waals surface area contributed by atoms with E-state index < -0.39 is 24.6 Å². The highest BCUT2D eigenvalue weighted by Crippen LogP contribution is 2.34. The molecule has 1 unspecified atom stereocenters. The number of alkyl halides is 3. The van der Waals surface area contributed by atoms with Gasteiger partial charge in [0.05, 0.1) is 21.7 Å². The number of aryl methyl sites for hydroxylation is 1. The Morgan fingerprint density at radius 1 is 1.21 bits per heavy atom. The molecule has 0 aromatic carbocycles. The second-order valence-corrected chi connectivity index (χ2v) is 10.1. The average Bonchev–Trinajstić information content (AvgIpc) is 3.47. The fourth-order valence-electron chi connectivity index (χ4n) is 4.62. The van der Waals surface area contributed by atoms with Crippen LogP contribution in [-0.4, -0.2) is 42.4 Å². The Kier molecular flexibility index (Phi) is 9.06. The summed E-state index contributed by atoms with van der Waals surface area (Å²) in [5.74, 6) is 0.631. The molecule has 1 fully saturated rings. The predicted molar refractivity (Wildman–Crippen MR) is 140 cm³/mol. The molecule has 210 valence electrons. The molecule has 5 rings (SSSR count). The van der Waals surface area contributed by atoms with Crippen LogP contribution in [0.15, 0.2) is 33.8 Å². The minimum atomic E-state index is -4.47. The number of halogens is 4. The topological polar surface area (TPSA) is 112 Å². The van der Waals surface area contributed by atoms with Crippen molar-refractivity contribution in [2.45, 2.75) is 64.7 Å². The first-order valence-corrected chi connectivity index (χ1v) is 13.2. The van der Waals surface area contributed by atoms with E-state index in [9.17, 15) is 18.0 Å². The molecule has 0 aliphatic heterocycles. The van der Waals surface area contributed by atoms with Crippen molar-refractivity contribution >= 4 is 22.6 Å². The van der Waals surface area contributed by atoms with E-state index >= 15 is 0 Å². The summed E-state index contributed by atoms with van der Waals surface area (Å²) < 4.78 is 49.4. The van der Waals surface area contributed by atoms with Crippen LogP contribution in [0, 0.1) is 5.92 Å². The number of imidazole rings is 1. The molecule has 4 aromatic rings. The summed E-state index contributed by atoms with van der Waals surface area (Å²) in [6, 6.07) is 3.18. The Bertz CT molecular complexity index is 1460. The van der Waals surface area contributed by atoms with Gasteiger partial charge in [-0.05, 0) is 24.5 Å². The number of aromatic nitrogens is 6. The van der Waals surface area contributed by atoms with Crippen LogP contribution in [0.5, 0.6) is 0 Å². The number of rotatable bonds is 6. The molecular weight excluding hydrogens is 537 g/mol. The maximum absolute atomic E-state index is 12.7. The lowest BCUT2D eigenvalue weighted by Gasteiger charge is -2.17. The largest absolute Gasteiger partial charge is 0.439 e. The van der Waals surface area contributed by atoms with Crippen molar-refractivity contribution in [3.8, 4) is 22.8 Å². The molecule has 4 heterocycles. The van der Waals surface area contributed by atoms with Gasteiger partial charge in [0, 0.05) is 25.0 Å². The molecule has 0 spiro atoms. The number of hydrogen-bond donors (Lipinski definition) is 1. The van der Waals surface area contributed by atoms with E-state index in [4.69, 9.17) is 16.3 Å². The van der Waals surface area contributed by atoms with Gasteiger partial charge in [0.2, 0.25) is 5.82 Å². The van der Waals surface area contributed by atoms with Crippen molar-refractivity contribution in [1.82, 2.24) is 29.7 Å². The van der Waals surface area contributed by atoms with Crippen LogP contribution in [0.25, 0.3) is 33.8 Å². The van der Waals surface area contributed by atoms with Gasteiger partial charge in [0.25, 0.3) is 0 Å². The van der Waals surface area contributed by atoms with Gasteiger partial charge in [0.15, 0.2) is 0 Å². The molecule has 0 bridgehead atoms. The summed E-state index contributed by atoms with van der Waals surface area (Å²) in [7, 11) is 1.66. The van der Waals surface area contributed by atoms with Crippen LogP contribution in [-0.2, 0) is 11.8 Å². The molecule has 0 amide bonds. The third-order valence-corrected chi connectivity index (χ3v) is 6.76. The van der Waals surface area contributed by atoms with E-state index in [-0.39, 0.29) is 23.8 Å². The Morgan fingerprint density at radius 2 is 1.95 bits per heavy atom. The predicted octanol–water partition coefficient (Wildman–Crippen LogP) is 6.64. The summed E-state index contributed by atoms with van der Waals surface area (Å²) in [4.78, 5) is 27.0. The molecule has 0 radical (unpaired) electrons. The second-order valence-electron chi connectivity index (χ2n) is 9.65. The number of fused-ring (bicyclic) bond motifs is 1. The third kappa shape index (κ3) is 7.24. The van der Waals surface area contributed by atoms with Gasteiger partial charge in [-0.3, -0.25) is 14.5 Å². The lowest BCUT2D eigenvalue weighted by molar-refractivity contribution is -0.187. The number of hydrogen-bond acceptors (Lipinski definition) is 7. The van der Waals surface area contributed by atoms with Crippen LogP contribution in [0.3, 0.4) is 0 Å². The summed E-state index contributed by atoms with van der Waals surface area (Å²) in [5, 5.41) is 4.01.